The summed E-state index contributed by atoms with van der Waals surface area (Å²) in [5, 5.41) is 6.67. The van der Waals surface area contributed by atoms with Crippen molar-refractivity contribution in [3.05, 3.63) is 34.3 Å². The number of aryl methyl sites for hydroxylation is 1. The highest BCUT2D eigenvalue weighted by Gasteiger charge is 2.21. The molecule has 2 rings (SSSR count). The maximum absolute atomic E-state index is 12.2. The van der Waals surface area contributed by atoms with Gasteiger partial charge >= 0.3 is 0 Å². The Bertz CT molecular complexity index is 695. The first kappa shape index (κ1) is 16.0. The van der Waals surface area contributed by atoms with Gasteiger partial charge in [-0.05, 0) is 18.6 Å². The number of benzene rings is 1. The van der Waals surface area contributed by atoms with Crippen molar-refractivity contribution in [3.8, 4) is 0 Å². The normalized spacial score (nSPS) is 11.7. The van der Waals surface area contributed by atoms with Crippen molar-refractivity contribution in [1.29, 1.82) is 0 Å². The van der Waals surface area contributed by atoms with Crippen LogP contribution in [0.25, 0.3) is 0 Å². The summed E-state index contributed by atoms with van der Waals surface area (Å²) in [6.07, 6.45) is 2.53. The molecule has 1 aromatic heterocycles. The number of hydrogen-bond donors (Lipinski definition) is 3. The summed E-state index contributed by atoms with van der Waals surface area (Å²) in [7, 11) is -3.79. The van der Waals surface area contributed by atoms with E-state index in [0.717, 1.165) is 0 Å². The van der Waals surface area contributed by atoms with E-state index in [2.05, 4.69) is 19.9 Å². The number of aromatic amines is 1. The summed E-state index contributed by atoms with van der Waals surface area (Å²) < 4.78 is 26.8. The van der Waals surface area contributed by atoms with Gasteiger partial charge in [0.05, 0.1) is 10.7 Å². The molecule has 0 spiro atoms. The Kier molecular flexibility index (Phi) is 5.04. The molecule has 114 valence electrons. The van der Waals surface area contributed by atoms with E-state index in [0.29, 0.717) is 18.7 Å². The Labute approximate surface area is 131 Å². The van der Waals surface area contributed by atoms with Crippen molar-refractivity contribution in [1.82, 2.24) is 19.9 Å². The highest BCUT2D eigenvalue weighted by molar-refractivity contribution is 7.89. The molecular weight excluding hydrogens is 337 g/mol. The summed E-state index contributed by atoms with van der Waals surface area (Å²) in [5.74, 6) is 0.693. The Morgan fingerprint density at radius 3 is 2.71 bits per heavy atom. The lowest BCUT2D eigenvalue weighted by atomic mass is 10.3. The van der Waals surface area contributed by atoms with Crippen molar-refractivity contribution in [2.45, 2.75) is 17.7 Å². The van der Waals surface area contributed by atoms with Gasteiger partial charge < -0.3 is 5.73 Å². The third kappa shape index (κ3) is 4.07. The van der Waals surface area contributed by atoms with Gasteiger partial charge in [0.2, 0.25) is 10.0 Å². The molecule has 0 atom stereocenters. The third-order valence-corrected chi connectivity index (χ3v) is 4.86. The van der Waals surface area contributed by atoms with E-state index < -0.39 is 10.0 Å². The quantitative estimate of drug-likeness (QED) is 0.541. The van der Waals surface area contributed by atoms with Crippen LogP contribution in [0.4, 0.5) is 5.69 Å². The smallest absolute Gasteiger partial charge is 0.244 e. The molecule has 4 N–H and O–H groups in total. The zero-order valence-corrected chi connectivity index (χ0v) is 13.1. The lowest BCUT2D eigenvalue weighted by molar-refractivity contribution is 0.578. The van der Waals surface area contributed by atoms with Gasteiger partial charge in [0.25, 0.3) is 0 Å². The maximum atomic E-state index is 12.2. The average Bonchev–Trinajstić information content (AvgIpc) is 2.86. The monoisotopic (exact) mass is 349 g/mol. The Morgan fingerprint density at radius 1 is 1.33 bits per heavy atom. The standard InChI is InChI=1S/C11H13Cl2N5O2S/c12-7-4-8(13)11(9(14)5-7)21(19,20)17-3-1-2-10-15-6-16-18-10/h4-6,17H,1-3,14H2,(H,15,16,18). The Hall–Kier alpha value is -1.35. The number of aromatic nitrogens is 3. The van der Waals surface area contributed by atoms with Gasteiger partial charge in [-0.25, -0.2) is 18.1 Å². The molecule has 0 aliphatic heterocycles. The molecule has 21 heavy (non-hydrogen) atoms. The number of anilines is 1. The molecule has 7 nitrogen and oxygen atoms in total. The summed E-state index contributed by atoms with van der Waals surface area (Å²) in [5.41, 5.74) is 5.69. The lowest BCUT2D eigenvalue weighted by Crippen LogP contribution is -2.26. The number of H-pyrrole nitrogens is 1. The van der Waals surface area contributed by atoms with Crippen LogP contribution in [0.3, 0.4) is 0 Å². The Morgan fingerprint density at radius 2 is 2.10 bits per heavy atom. The second-order valence-corrected chi connectivity index (χ2v) is 6.79. The molecule has 0 aliphatic carbocycles. The van der Waals surface area contributed by atoms with E-state index in [4.69, 9.17) is 28.9 Å². The molecule has 1 heterocycles. The van der Waals surface area contributed by atoms with Gasteiger partial charge in [-0.3, -0.25) is 5.10 Å². The lowest BCUT2D eigenvalue weighted by Gasteiger charge is -2.11. The minimum atomic E-state index is -3.79. The number of nitrogens with one attached hydrogen (secondary N) is 2. The topological polar surface area (TPSA) is 114 Å². The van der Waals surface area contributed by atoms with Gasteiger partial charge in [0, 0.05) is 18.0 Å². The van der Waals surface area contributed by atoms with Gasteiger partial charge in [-0.2, -0.15) is 5.10 Å². The predicted molar refractivity (Wildman–Crippen MR) is 80.8 cm³/mol. The number of sulfonamides is 1. The molecule has 2 aromatic rings. The van der Waals surface area contributed by atoms with Gasteiger partial charge in [0.15, 0.2) is 0 Å². The van der Waals surface area contributed by atoms with Crippen LogP contribution in [0.15, 0.2) is 23.4 Å². The largest absolute Gasteiger partial charge is 0.398 e. The first-order valence-corrected chi connectivity index (χ1v) is 8.22. The molecule has 0 unspecified atom stereocenters. The Balaban J connectivity index is 2.02. The number of hydrogen-bond acceptors (Lipinski definition) is 5. The molecule has 0 bridgehead atoms. The van der Waals surface area contributed by atoms with E-state index in [1.54, 1.807) is 0 Å². The molecule has 0 fully saturated rings. The van der Waals surface area contributed by atoms with Crippen molar-refractivity contribution < 1.29 is 8.42 Å². The van der Waals surface area contributed by atoms with Crippen molar-refractivity contribution in [2.24, 2.45) is 0 Å². The molecular formula is C11H13Cl2N5O2S. The van der Waals surface area contributed by atoms with Gasteiger partial charge in [-0.15, -0.1) is 0 Å². The number of nitrogen functional groups attached to an aromatic ring is 1. The van der Waals surface area contributed by atoms with Crippen LogP contribution in [0.1, 0.15) is 12.2 Å². The number of rotatable bonds is 6. The van der Waals surface area contributed by atoms with E-state index in [1.807, 2.05) is 0 Å². The molecule has 0 saturated carbocycles. The molecule has 0 radical (unpaired) electrons. The van der Waals surface area contributed by atoms with Gasteiger partial charge in [-0.1, -0.05) is 23.2 Å². The van der Waals surface area contributed by atoms with Crippen LogP contribution in [-0.2, 0) is 16.4 Å². The second-order valence-electron chi connectivity index (χ2n) is 4.24. The van der Waals surface area contributed by atoms with Crippen LogP contribution in [0, 0.1) is 0 Å². The summed E-state index contributed by atoms with van der Waals surface area (Å²) in [6, 6.07) is 2.68. The fourth-order valence-corrected chi connectivity index (χ4v) is 3.81. The molecule has 1 aromatic carbocycles. The highest BCUT2D eigenvalue weighted by atomic mass is 35.5. The van der Waals surface area contributed by atoms with Crippen LogP contribution < -0.4 is 10.5 Å². The minimum Gasteiger partial charge on any atom is -0.398 e. The molecule has 0 aliphatic rings. The second kappa shape index (κ2) is 6.61. The fraction of sp³-hybridized carbons (Fsp3) is 0.273. The summed E-state index contributed by atoms with van der Waals surface area (Å²) >= 11 is 11.7. The number of nitrogens with zero attached hydrogens (tertiary/aromatic N) is 2. The average molecular weight is 350 g/mol. The molecule has 10 heteroatoms. The SMILES string of the molecule is Nc1cc(Cl)cc(Cl)c1S(=O)(=O)NCCCc1ncn[nH]1. The predicted octanol–water partition coefficient (Wildman–Crippen LogP) is 1.60. The van der Waals surface area contributed by atoms with Crippen LogP contribution in [0.5, 0.6) is 0 Å². The van der Waals surface area contributed by atoms with E-state index >= 15 is 0 Å². The number of halogens is 2. The zero-order valence-electron chi connectivity index (χ0n) is 10.8. The third-order valence-electron chi connectivity index (χ3n) is 2.65. The van der Waals surface area contributed by atoms with E-state index in [1.165, 1.54) is 18.5 Å². The van der Waals surface area contributed by atoms with Gasteiger partial charge in [0.1, 0.15) is 17.0 Å². The maximum Gasteiger partial charge on any atom is 0.244 e. The highest BCUT2D eigenvalue weighted by Crippen LogP contribution is 2.30. The number of nitrogens with two attached hydrogens (primary N) is 1. The van der Waals surface area contributed by atoms with Crippen LogP contribution >= 0.6 is 23.2 Å². The van der Waals surface area contributed by atoms with Crippen molar-refractivity contribution >= 4 is 38.9 Å². The van der Waals surface area contributed by atoms with E-state index in [-0.39, 0.29) is 27.2 Å². The minimum absolute atomic E-state index is 0.00948. The summed E-state index contributed by atoms with van der Waals surface area (Å²) in [6.45, 7) is 0.224. The van der Waals surface area contributed by atoms with Crippen LogP contribution in [0.2, 0.25) is 10.0 Å². The first-order valence-electron chi connectivity index (χ1n) is 5.98. The fourth-order valence-electron chi connectivity index (χ4n) is 1.75. The van der Waals surface area contributed by atoms with Crippen molar-refractivity contribution in [3.63, 3.8) is 0 Å². The first-order chi connectivity index (χ1) is 9.90. The molecule has 0 saturated heterocycles. The summed E-state index contributed by atoms with van der Waals surface area (Å²) in [4.78, 5) is 3.79. The van der Waals surface area contributed by atoms with Crippen LogP contribution in [-0.4, -0.2) is 30.1 Å². The zero-order chi connectivity index (χ0) is 15.5. The molecule has 0 amide bonds. The van der Waals surface area contributed by atoms with E-state index in [9.17, 15) is 8.42 Å². The van der Waals surface area contributed by atoms with Crippen molar-refractivity contribution in [2.75, 3.05) is 12.3 Å².